The first kappa shape index (κ1) is 14.5. The van der Waals surface area contributed by atoms with E-state index in [0.717, 1.165) is 18.0 Å². The molecule has 0 radical (unpaired) electrons. The minimum atomic E-state index is -0.637. The molecule has 0 fully saturated rings. The summed E-state index contributed by atoms with van der Waals surface area (Å²) in [5.74, 6) is 0.530. The Morgan fingerprint density at radius 2 is 2.18 bits per heavy atom. The van der Waals surface area contributed by atoms with Crippen molar-refractivity contribution in [2.45, 2.75) is 31.4 Å². The Morgan fingerprint density at radius 3 is 2.76 bits per heavy atom. The maximum absolute atomic E-state index is 9.28. The Labute approximate surface area is 107 Å². The fourth-order valence-electron chi connectivity index (χ4n) is 1.46. The van der Waals surface area contributed by atoms with Gasteiger partial charge >= 0.3 is 0 Å². The van der Waals surface area contributed by atoms with E-state index in [1.165, 1.54) is 11.1 Å². The van der Waals surface area contributed by atoms with Crippen LogP contribution in [0.25, 0.3) is 0 Å². The number of hydrogen-bond donors (Lipinski definition) is 3. The number of hydrogen-bond acceptors (Lipinski definition) is 4. The number of benzene rings is 1. The summed E-state index contributed by atoms with van der Waals surface area (Å²) in [5, 5.41) is 21.3. The van der Waals surface area contributed by atoms with Crippen LogP contribution in [-0.2, 0) is 6.54 Å². The molecular weight excluding hydrogens is 234 g/mol. The van der Waals surface area contributed by atoms with Gasteiger partial charge in [0.05, 0.1) is 12.7 Å². The molecule has 4 heteroatoms. The second-order valence-electron chi connectivity index (χ2n) is 4.02. The molecule has 0 heterocycles. The number of aryl methyl sites for hydroxylation is 1. The van der Waals surface area contributed by atoms with Gasteiger partial charge in [0.2, 0.25) is 0 Å². The summed E-state index contributed by atoms with van der Waals surface area (Å²) in [4.78, 5) is 1.13. The lowest BCUT2D eigenvalue weighted by Crippen LogP contribution is -2.14. The van der Waals surface area contributed by atoms with Gasteiger partial charge in [-0.1, -0.05) is 13.0 Å². The molecule has 1 unspecified atom stereocenters. The van der Waals surface area contributed by atoms with E-state index in [1.54, 1.807) is 11.8 Å². The smallest absolute Gasteiger partial charge is 0.0864 e. The third-order valence-electron chi connectivity index (χ3n) is 2.53. The van der Waals surface area contributed by atoms with Gasteiger partial charge in [0, 0.05) is 17.2 Å². The standard InChI is InChI=1S/C13H21NO2S/c1-3-14-7-11-4-5-13(6-10(11)2)17-9-12(16)8-15/h4-6,12,14-16H,3,7-9H2,1-2H3. The lowest BCUT2D eigenvalue weighted by Gasteiger charge is -2.10. The lowest BCUT2D eigenvalue weighted by molar-refractivity contribution is 0.113. The van der Waals surface area contributed by atoms with E-state index >= 15 is 0 Å². The van der Waals surface area contributed by atoms with Crippen molar-refractivity contribution < 1.29 is 10.2 Å². The van der Waals surface area contributed by atoms with Crippen LogP contribution in [0.5, 0.6) is 0 Å². The minimum Gasteiger partial charge on any atom is -0.394 e. The second kappa shape index (κ2) is 7.71. The van der Waals surface area contributed by atoms with E-state index in [-0.39, 0.29) is 6.61 Å². The molecule has 0 bridgehead atoms. The summed E-state index contributed by atoms with van der Waals surface area (Å²) in [6, 6.07) is 6.31. The van der Waals surface area contributed by atoms with Gasteiger partial charge in [0.25, 0.3) is 0 Å². The second-order valence-corrected chi connectivity index (χ2v) is 5.11. The van der Waals surface area contributed by atoms with E-state index in [1.807, 2.05) is 0 Å². The van der Waals surface area contributed by atoms with Crippen LogP contribution < -0.4 is 5.32 Å². The Hall–Kier alpha value is -0.550. The fraction of sp³-hybridized carbons (Fsp3) is 0.538. The SMILES string of the molecule is CCNCc1ccc(SCC(O)CO)cc1C. The van der Waals surface area contributed by atoms with Crippen LogP contribution in [0.15, 0.2) is 23.1 Å². The molecular formula is C13H21NO2S. The fourth-order valence-corrected chi connectivity index (χ4v) is 2.38. The highest BCUT2D eigenvalue weighted by Crippen LogP contribution is 2.22. The molecule has 96 valence electrons. The molecule has 1 aromatic rings. The van der Waals surface area contributed by atoms with Gasteiger partial charge in [-0.25, -0.2) is 0 Å². The van der Waals surface area contributed by atoms with Crippen molar-refractivity contribution in [2.24, 2.45) is 0 Å². The molecule has 0 saturated heterocycles. The van der Waals surface area contributed by atoms with E-state index in [0.29, 0.717) is 5.75 Å². The van der Waals surface area contributed by atoms with Crippen molar-refractivity contribution in [2.75, 3.05) is 18.9 Å². The maximum Gasteiger partial charge on any atom is 0.0864 e. The Kier molecular flexibility index (Phi) is 6.58. The van der Waals surface area contributed by atoms with E-state index in [4.69, 9.17) is 5.11 Å². The van der Waals surface area contributed by atoms with Crippen molar-refractivity contribution in [3.8, 4) is 0 Å². The zero-order chi connectivity index (χ0) is 12.7. The first-order valence-corrected chi connectivity index (χ1v) is 6.88. The number of aliphatic hydroxyl groups excluding tert-OH is 2. The molecule has 3 N–H and O–H groups in total. The van der Waals surface area contributed by atoms with Crippen LogP contribution in [-0.4, -0.2) is 35.2 Å². The molecule has 1 rings (SSSR count). The summed E-state index contributed by atoms with van der Waals surface area (Å²) >= 11 is 1.57. The van der Waals surface area contributed by atoms with E-state index in [9.17, 15) is 5.11 Å². The summed E-state index contributed by atoms with van der Waals surface area (Å²) in [5.41, 5.74) is 2.56. The van der Waals surface area contributed by atoms with Crippen molar-refractivity contribution >= 4 is 11.8 Å². The van der Waals surface area contributed by atoms with Gasteiger partial charge in [-0.05, 0) is 36.7 Å². The Morgan fingerprint density at radius 1 is 1.41 bits per heavy atom. The zero-order valence-electron chi connectivity index (χ0n) is 10.4. The molecule has 0 aliphatic rings. The summed E-state index contributed by atoms with van der Waals surface area (Å²) in [6.07, 6.45) is -0.637. The lowest BCUT2D eigenvalue weighted by atomic mass is 10.1. The summed E-state index contributed by atoms with van der Waals surface area (Å²) < 4.78 is 0. The van der Waals surface area contributed by atoms with Gasteiger partial charge in [-0.3, -0.25) is 0 Å². The van der Waals surface area contributed by atoms with Crippen molar-refractivity contribution in [3.63, 3.8) is 0 Å². The normalized spacial score (nSPS) is 12.7. The highest BCUT2D eigenvalue weighted by atomic mass is 32.2. The Bertz CT molecular complexity index is 344. The third-order valence-corrected chi connectivity index (χ3v) is 3.67. The minimum absolute atomic E-state index is 0.176. The van der Waals surface area contributed by atoms with Crippen LogP contribution in [0.3, 0.4) is 0 Å². The monoisotopic (exact) mass is 255 g/mol. The molecule has 0 aliphatic carbocycles. The van der Waals surface area contributed by atoms with Crippen molar-refractivity contribution in [1.29, 1.82) is 0 Å². The largest absolute Gasteiger partial charge is 0.394 e. The molecule has 0 amide bonds. The van der Waals surface area contributed by atoms with Crippen LogP contribution in [0.1, 0.15) is 18.1 Å². The third kappa shape index (κ3) is 5.08. The topological polar surface area (TPSA) is 52.5 Å². The number of nitrogens with one attached hydrogen (secondary N) is 1. The Balaban J connectivity index is 2.55. The molecule has 3 nitrogen and oxygen atoms in total. The number of thioether (sulfide) groups is 1. The summed E-state index contributed by atoms with van der Waals surface area (Å²) in [7, 11) is 0. The highest BCUT2D eigenvalue weighted by molar-refractivity contribution is 7.99. The van der Waals surface area contributed by atoms with Crippen LogP contribution in [0, 0.1) is 6.92 Å². The van der Waals surface area contributed by atoms with Gasteiger partial charge in [0.15, 0.2) is 0 Å². The average Bonchev–Trinajstić information content (AvgIpc) is 2.34. The molecule has 0 aromatic heterocycles. The molecule has 0 spiro atoms. The highest BCUT2D eigenvalue weighted by Gasteiger charge is 2.04. The van der Waals surface area contributed by atoms with Gasteiger partial charge in [0.1, 0.15) is 0 Å². The van der Waals surface area contributed by atoms with E-state index in [2.05, 4.69) is 37.4 Å². The van der Waals surface area contributed by atoms with E-state index < -0.39 is 6.10 Å². The van der Waals surface area contributed by atoms with Gasteiger partial charge in [-0.15, -0.1) is 11.8 Å². The molecule has 0 aliphatic heterocycles. The van der Waals surface area contributed by atoms with Crippen molar-refractivity contribution in [3.05, 3.63) is 29.3 Å². The number of aliphatic hydroxyl groups is 2. The van der Waals surface area contributed by atoms with Crippen LogP contribution >= 0.6 is 11.8 Å². The molecule has 1 atom stereocenters. The van der Waals surface area contributed by atoms with Crippen LogP contribution in [0.2, 0.25) is 0 Å². The zero-order valence-corrected chi connectivity index (χ0v) is 11.3. The van der Waals surface area contributed by atoms with Crippen molar-refractivity contribution in [1.82, 2.24) is 5.32 Å². The molecule has 0 saturated carbocycles. The first-order valence-electron chi connectivity index (χ1n) is 5.89. The average molecular weight is 255 g/mol. The quantitative estimate of drug-likeness (QED) is 0.647. The van der Waals surface area contributed by atoms with Gasteiger partial charge in [-0.2, -0.15) is 0 Å². The maximum atomic E-state index is 9.28. The predicted octanol–water partition coefficient (Wildman–Crippen LogP) is 1.55. The van der Waals surface area contributed by atoms with Crippen LogP contribution in [0.4, 0.5) is 0 Å². The van der Waals surface area contributed by atoms with Gasteiger partial charge < -0.3 is 15.5 Å². The first-order chi connectivity index (χ1) is 8.17. The molecule has 17 heavy (non-hydrogen) atoms. The molecule has 1 aromatic carbocycles. The summed E-state index contributed by atoms with van der Waals surface area (Å²) in [6.45, 7) is 5.88. The predicted molar refractivity (Wildman–Crippen MR) is 72.4 cm³/mol. The number of rotatable bonds is 7.